The number of hydrogen-bond donors (Lipinski definition) is 0. The van der Waals surface area contributed by atoms with Crippen molar-refractivity contribution >= 4 is 115 Å². The molecule has 6 aliphatic rings. The number of para-hydroxylation sites is 6. The molecule has 0 radical (unpaired) electrons. The lowest BCUT2D eigenvalue weighted by Crippen LogP contribution is -2.65. The van der Waals surface area contributed by atoms with Crippen LogP contribution in [0.5, 0.6) is 0 Å². The highest BCUT2D eigenvalue weighted by molar-refractivity contribution is 7.03. The van der Waals surface area contributed by atoms with E-state index >= 15 is 0 Å². The Hall–Kier alpha value is -9.39. The summed E-state index contributed by atoms with van der Waals surface area (Å²) in [5.74, 6) is 1.91. The van der Waals surface area contributed by atoms with Crippen molar-refractivity contribution in [1.82, 2.24) is 9.97 Å². The predicted molar refractivity (Wildman–Crippen MR) is 372 cm³/mol. The van der Waals surface area contributed by atoms with E-state index in [0.717, 1.165) is 117 Å². The van der Waals surface area contributed by atoms with Gasteiger partial charge in [0.05, 0.1) is 11.4 Å². The van der Waals surface area contributed by atoms with Gasteiger partial charge < -0.3 is 9.80 Å². The summed E-state index contributed by atoms with van der Waals surface area (Å²) in [5, 5.41) is 0. The summed E-state index contributed by atoms with van der Waals surface area (Å²) >= 11 is 0. The SMILES string of the molecule is CC1(C)CCC(C)(C)c2cc(-c3cc4c5c(n3)N(c3ccccc3)c3ccccc3B5c3cc5c(cc3N4c3ccccc3)N(c3ccccc3)c3cc(-c4ccc6c(c4)C(C)(C)CCC6(C)C)nc4c3B5c3ccccc3N4c3ccccc3)ccc21. The van der Waals surface area contributed by atoms with Crippen LogP contribution in [0.2, 0.25) is 0 Å². The van der Waals surface area contributed by atoms with Gasteiger partial charge in [0.2, 0.25) is 0 Å². The van der Waals surface area contributed by atoms with Crippen molar-refractivity contribution in [2.75, 3.05) is 19.6 Å². The minimum absolute atomic E-state index is 0.0196. The first-order chi connectivity index (χ1) is 42.6. The van der Waals surface area contributed by atoms with Crippen LogP contribution in [0, 0.1) is 0 Å². The molecule has 9 aromatic carbocycles. The van der Waals surface area contributed by atoms with Crippen molar-refractivity contribution in [1.29, 1.82) is 0 Å². The molecule has 6 nitrogen and oxygen atoms in total. The van der Waals surface area contributed by atoms with Gasteiger partial charge in [-0.05, 0) is 193 Å². The molecular weight excluding hydrogens is 1070 g/mol. The van der Waals surface area contributed by atoms with E-state index in [-0.39, 0.29) is 35.1 Å². The van der Waals surface area contributed by atoms with Gasteiger partial charge in [-0.2, -0.15) is 0 Å². The standard InChI is InChI=1S/C80H70B2N6/c1-77(2)41-43-79(5,6)59-45-51(37-39-57(59)77)65-48-71-73-75(83-65)87(55-29-17-11-18-30-55)67-35-23-21-33-61(67)81(73)63-47-64-70(50-69(63)85(71)53-25-13-9-14-26-53)86(54-27-15-10-16-28-54)72-49-66(52-38-40-58-60(46-52)80(7,8)44-42-78(58,3)4)84-76-74(72)82(64)62-34-22-24-36-68(62)88(76)56-31-19-12-20-32-56/h9-40,45-50H,41-44H2,1-8H3. The van der Waals surface area contributed by atoms with E-state index in [1.54, 1.807) is 0 Å². The van der Waals surface area contributed by atoms with Crippen LogP contribution in [0.4, 0.5) is 68.5 Å². The number of rotatable bonds is 6. The van der Waals surface area contributed by atoms with Crippen LogP contribution in [-0.2, 0) is 21.7 Å². The molecule has 6 heterocycles. The van der Waals surface area contributed by atoms with Crippen molar-refractivity contribution < 1.29 is 0 Å². The van der Waals surface area contributed by atoms with Gasteiger partial charge in [0.25, 0.3) is 13.4 Å². The topological polar surface area (TPSA) is 38.7 Å². The Kier molecular flexibility index (Phi) is 11.5. The van der Waals surface area contributed by atoms with E-state index in [0.29, 0.717) is 0 Å². The number of benzene rings is 9. The molecular formula is C80H70B2N6. The maximum atomic E-state index is 6.00. The lowest BCUT2D eigenvalue weighted by molar-refractivity contribution is 0.332. The zero-order valence-corrected chi connectivity index (χ0v) is 51.6. The lowest BCUT2D eigenvalue weighted by atomic mass is 9.30. The molecule has 8 heteroatoms. The van der Waals surface area contributed by atoms with Crippen molar-refractivity contribution in [3.05, 3.63) is 253 Å². The average Bonchev–Trinajstić information content (AvgIpc) is 0.703. The van der Waals surface area contributed by atoms with E-state index < -0.39 is 0 Å². The maximum Gasteiger partial charge on any atom is 0.254 e. The fourth-order valence-corrected chi connectivity index (χ4v) is 16.3. The third-order valence-corrected chi connectivity index (χ3v) is 21.1. The van der Waals surface area contributed by atoms with Gasteiger partial charge in [-0.1, -0.05) is 195 Å². The average molecular weight is 1140 g/mol. The molecule has 88 heavy (non-hydrogen) atoms. The Bertz CT molecular complexity index is 4380. The van der Waals surface area contributed by atoms with E-state index in [9.17, 15) is 0 Å². The highest BCUT2D eigenvalue weighted by atomic mass is 15.2. The summed E-state index contributed by atoms with van der Waals surface area (Å²) in [5.41, 5.74) is 28.7. The summed E-state index contributed by atoms with van der Waals surface area (Å²) in [4.78, 5) is 22.0. The quantitative estimate of drug-likeness (QED) is 0.155. The van der Waals surface area contributed by atoms with Gasteiger partial charge in [-0.25, -0.2) is 9.97 Å². The second kappa shape index (κ2) is 19.1. The summed E-state index contributed by atoms with van der Waals surface area (Å²) in [6, 6.07) is 86.8. The molecule has 11 aromatic rings. The van der Waals surface area contributed by atoms with Crippen molar-refractivity contribution in [2.45, 2.75) is 103 Å². The van der Waals surface area contributed by atoms with Gasteiger partial charge in [0.15, 0.2) is 0 Å². The van der Waals surface area contributed by atoms with Gasteiger partial charge in [-0.3, -0.25) is 9.80 Å². The first kappa shape index (κ1) is 52.9. The highest BCUT2D eigenvalue weighted by Crippen LogP contribution is 2.53. The molecule has 0 unspecified atom stereocenters. The molecule has 426 valence electrons. The Morgan fingerprint density at radius 1 is 0.284 bits per heavy atom. The van der Waals surface area contributed by atoms with Crippen molar-refractivity contribution in [2.24, 2.45) is 0 Å². The predicted octanol–water partition coefficient (Wildman–Crippen LogP) is 16.7. The van der Waals surface area contributed by atoms with E-state index in [1.807, 2.05) is 0 Å². The third kappa shape index (κ3) is 7.82. The molecule has 0 spiro atoms. The van der Waals surface area contributed by atoms with Crippen LogP contribution < -0.4 is 52.4 Å². The third-order valence-electron chi connectivity index (χ3n) is 21.1. The molecule has 2 aliphatic carbocycles. The van der Waals surface area contributed by atoms with Crippen LogP contribution in [-0.4, -0.2) is 23.4 Å². The Balaban J connectivity index is 0.972. The minimum atomic E-state index is -0.171. The normalized spacial score (nSPS) is 17.1. The zero-order chi connectivity index (χ0) is 59.6. The van der Waals surface area contributed by atoms with Crippen molar-refractivity contribution in [3.63, 3.8) is 0 Å². The van der Waals surface area contributed by atoms with Crippen molar-refractivity contribution in [3.8, 4) is 22.5 Å². The highest BCUT2D eigenvalue weighted by Gasteiger charge is 2.50. The summed E-state index contributed by atoms with van der Waals surface area (Å²) in [7, 11) is 0. The minimum Gasteiger partial charge on any atom is -0.311 e. The van der Waals surface area contributed by atoms with Crippen LogP contribution in [0.1, 0.15) is 103 Å². The molecule has 0 saturated carbocycles. The molecule has 0 N–H and O–H groups in total. The van der Waals surface area contributed by atoms with Gasteiger partial charge >= 0.3 is 0 Å². The second-order valence-electron chi connectivity index (χ2n) is 28.2. The molecule has 0 atom stereocenters. The van der Waals surface area contributed by atoms with E-state index in [1.165, 1.54) is 55.0 Å². The number of fused-ring (bicyclic) bond motifs is 10. The molecule has 4 aliphatic heterocycles. The lowest BCUT2D eigenvalue weighted by Gasteiger charge is -2.47. The number of hydrogen-bond acceptors (Lipinski definition) is 6. The fourth-order valence-electron chi connectivity index (χ4n) is 16.3. The number of pyridine rings is 2. The molecule has 0 amide bonds. The summed E-state index contributed by atoms with van der Waals surface area (Å²) in [6.45, 7) is 19.0. The van der Waals surface area contributed by atoms with E-state index in [2.05, 4.69) is 306 Å². The van der Waals surface area contributed by atoms with Crippen LogP contribution >= 0.6 is 0 Å². The van der Waals surface area contributed by atoms with Gasteiger partial charge in [-0.15, -0.1) is 0 Å². The van der Waals surface area contributed by atoms with Crippen LogP contribution in [0.3, 0.4) is 0 Å². The van der Waals surface area contributed by atoms with Gasteiger partial charge in [0, 0.05) is 68.0 Å². The summed E-state index contributed by atoms with van der Waals surface area (Å²) < 4.78 is 0. The second-order valence-corrected chi connectivity index (χ2v) is 28.2. The molecule has 0 saturated heterocycles. The largest absolute Gasteiger partial charge is 0.311 e. The smallest absolute Gasteiger partial charge is 0.254 e. The molecule has 0 fully saturated rings. The molecule has 0 bridgehead atoms. The van der Waals surface area contributed by atoms with Crippen LogP contribution in [0.25, 0.3) is 22.5 Å². The molecule has 17 rings (SSSR count). The van der Waals surface area contributed by atoms with E-state index in [4.69, 9.17) is 9.97 Å². The van der Waals surface area contributed by atoms with Gasteiger partial charge in [0.1, 0.15) is 11.6 Å². The summed E-state index contributed by atoms with van der Waals surface area (Å²) in [6.07, 6.45) is 4.59. The Morgan fingerprint density at radius 2 is 0.614 bits per heavy atom. The Labute approximate surface area is 519 Å². The Morgan fingerprint density at radius 3 is 0.989 bits per heavy atom. The fraction of sp³-hybridized carbons (Fsp3) is 0.200. The maximum absolute atomic E-state index is 6.00. The number of anilines is 12. The zero-order valence-electron chi connectivity index (χ0n) is 51.6. The monoisotopic (exact) mass is 1140 g/mol. The molecule has 2 aromatic heterocycles. The number of aromatic nitrogens is 2. The first-order valence-electron chi connectivity index (χ1n) is 31.8. The number of nitrogens with zero attached hydrogens (tertiary/aromatic N) is 6. The van der Waals surface area contributed by atoms with Crippen LogP contribution in [0.15, 0.2) is 231 Å². The first-order valence-corrected chi connectivity index (χ1v) is 31.8.